The van der Waals surface area contributed by atoms with Gasteiger partial charge in [-0.1, -0.05) is 37.3 Å². The van der Waals surface area contributed by atoms with Crippen LogP contribution in [0, 0.1) is 5.92 Å². The molecular formula is C24H21N3O3. The Hall–Kier alpha value is -3.51. The van der Waals surface area contributed by atoms with E-state index < -0.39 is 18.1 Å². The normalized spacial score (nSPS) is 23.2. The van der Waals surface area contributed by atoms with E-state index >= 15 is 0 Å². The molecule has 150 valence electrons. The molecule has 0 N–H and O–H groups in total. The lowest BCUT2D eigenvalue weighted by Gasteiger charge is -2.28. The number of carbonyl (C=O) groups is 2. The first kappa shape index (κ1) is 18.5. The zero-order valence-electron chi connectivity index (χ0n) is 16.5. The number of pyridine rings is 1. The molecule has 3 aromatic rings. The molecule has 2 saturated heterocycles. The standard InChI is InChI=1S/C24H21N3O3/c1-2-16-8-10-18(11-9-16)26-23(28)20-21(17-12-14-25-15-13-17)27(30-22(20)24(26)29)19-6-4-3-5-7-19/h3-15,20-22H,2H2,1H3/t20-,21+,22-/m1/s1. The van der Waals surface area contributed by atoms with Crippen molar-refractivity contribution in [2.75, 3.05) is 9.96 Å². The van der Waals surface area contributed by atoms with Crippen molar-refractivity contribution in [2.45, 2.75) is 25.5 Å². The molecule has 6 nitrogen and oxygen atoms in total. The van der Waals surface area contributed by atoms with E-state index in [0.29, 0.717) is 5.69 Å². The Labute approximate surface area is 174 Å². The highest BCUT2D eigenvalue weighted by Crippen LogP contribution is 2.47. The minimum atomic E-state index is -0.860. The number of imide groups is 1. The molecule has 30 heavy (non-hydrogen) atoms. The molecule has 0 spiro atoms. The molecule has 0 saturated carbocycles. The first-order valence-corrected chi connectivity index (χ1v) is 10.1. The molecule has 6 heteroatoms. The van der Waals surface area contributed by atoms with E-state index in [1.54, 1.807) is 17.5 Å². The van der Waals surface area contributed by atoms with E-state index in [1.807, 2.05) is 66.7 Å². The van der Waals surface area contributed by atoms with Crippen LogP contribution in [0.25, 0.3) is 0 Å². The van der Waals surface area contributed by atoms with Crippen molar-refractivity contribution in [1.82, 2.24) is 4.98 Å². The quantitative estimate of drug-likeness (QED) is 0.626. The van der Waals surface area contributed by atoms with Crippen LogP contribution in [-0.4, -0.2) is 22.9 Å². The predicted octanol–water partition coefficient (Wildman–Crippen LogP) is 3.70. The molecule has 2 aliphatic heterocycles. The first-order valence-electron chi connectivity index (χ1n) is 10.1. The zero-order chi connectivity index (χ0) is 20.7. The number of aromatic nitrogens is 1. The Morgan fingerprint density at radius 3 is 2.23 bits per heavy atom. The van der Waals surface area contributed by atoms with Crippen LogP contribution >= 0.6 is 0 Å². The summed E-state index contributed by atoms with van der Waals surface area (Å²) in [6, 6.07) is 20.4. The summed E-state index contributed by atoms with van der Waals surface area (Å²) in [6.45, 7) is 2.07. The van der Waals surface area contributed by atoms with E-state index in [0.717, 1.165) is 23.2 Å². The smallest absolute Gasteiger partial charge is 0.266 e. The third-order valence-electron chi connectivity index (χ3n) is 5.78. The van der Waals surface area contributed by atoms with Crippen LogP contribution in [0.2, 0.25) is 0 Å². The van der Waals surface area contributed by atoms with E-state index in [-0.39, 0.29) is 11.8 Å². The lowest BCUT2D eigenvalue weighted by Crippen LogP contribution is -2.37. The Bertz CT molecular complexity index is 1070. The second-order valence-electron chi connectivity index (χ2n) is 7.47. The summed E-state index contributed by atoms with van der Waals surface area (Å²) in [7, 11) is 0. The van der Waals surface area contributed by atoms with Crippen molar-refractivity contribution in [3.63, 3.8) is 0 Å². The highest BCUT2D eigenvalue weighted by atomic mass is 16.7. The van der Waals surface area contributed by atoms with E-state index in [4.69, 9.17) is 4.84 Å². The number of aryl methyl sites for hydroxylation is 1. The number of nitrogens with zero attached hydrogens (tertiary/aromatic N) is 3. The van der Waals surface area contributed by atoms with Gasteiger partial charge in [0.1, 0.15) is 5.92 Å². The number of rotatable bonds is 4. The fourth-order valence-corrected chi connectivity index (χ4v) is 4.25. The van der Waals surface area contributed by atoms with Crippen LogP contribution < -0.4 is 9.96 Å². The summed E-state index contributed by atoms with van der Waals surface area (Å²) in [4.78, 5) is 38.2. The van der Waals surface area contributed by atoms with Crippen LogP contribution in [0.5, 0.6) is 0 Å². The average molecular weight is 399 g/mol. The number of fused-ring (bicyclic) bond motifs is 1. The minimum absolute atomic E-state index is 0.241. The van der Waals surface area contributed by atoms with Gasteiger partial charge in [0.25, 0.3) is 5.91 Å². The molecule has 2 aromatic carbocycles. The average Bonchev–Trinajstić information content (AvgIpc) is 3.31. The SMILES string of the molecule is CCc1ccc(N2C(=O)[C@H]3[C@@H](ON(c4ccccc4)[C@H]3c3ccncc3)C2=O)cc1. The van der Waals surface area contributed by atoms with Crippen molar-refractivity contribution in [2.24, 2.45) is 5.92 Å². The van der Waals surface area contributed by atoms with Crippen molar-refractivity contribution >= 4 is 23.2 Å². The summed E-state index contributed by atoms with van der Waals surface area (Å²) in [5, 5.41) is 1.69. The lowest BCUT2D eigenvalue weighted by atomic mass is 9.91. The number of carbonyl (C=O) groups excluding carboxylic acids is 2. The summed E-state index contributed by atoms with van der Waals surface area (Å²) in [5.74, 6) is -1.20. The molecule has 0 unspecified atom stereocenters. The molecule has 5 rings (SSSR count). The van der Waals surface area contributed by atoms with Gasteiger partial charge >= 0.3 is 0 Å². The van der Waals surface area contributed by atoms with Gasteiger partial charge in [0, 0.05) is 12.4 Å². The van der Waals surface area contributed by atoms with Crippen molar-refractivity contribution in [3.8, 4) is 0 Å². The third kappa shape index (κ3) is 2.88. The molecule has 0 bridgehead atoms. The fraction of sp³-hybridized carbons (Fsp3) is 0.208. The van der Waals surface area contributed by atoms with Crippen LogP contribution in [0.15, 0.2) is 79.1 Å². The van der Waals surface area contributed by atoms with Gasteiger partial charge in [-0.2, -0.15) is 0 Å². The predicted molar refractivity (Wildman–Crippen MR) is 113 cm³/mol. The van der Waals surface area contributed by atoms with Gasteiger partial charge in [0.15, 0.2) is 6.10 Å². The van der Waals surface area contributed by atoms with Gasteiger partial charge in [-0.3, -0.25) is 19.4 Å². The molecule has 1 aromatic heterocycles. The van der Waals surface area contributed by atoms with E-state index in [1.165, 1.54) is 4.90 Å². The topological polar surface area (TPSA) is 62.7 Å². The first-order chi connectivity index (χ1) is 14.7. The largest absolute Gasteiger partial charge is 0.273 e. The van der Waals surface area contributed by atoms with Crippen molar-refractivity contribution in [3.05, 3.63) is 90.3 Å². The maximum absolute atomic E-state index is 13.5. The van der Waals surface area contributed by atoms with Crippen LogP contribution in [0.1, 0.15) is 24.1 Å². The molecular weight excluding hydrogens is 378 g/mol. The molecule has 2 amide bonds. The summed E-state index contributed by atoms with van der Waals surface area (Å²) in [6.07, 6.45) is 3.41. The number of para-hydroxylation sites is 1. The Morgan fingerprint density at radius 1 is 0.867 bits per heavy atom. The van der Waals surface area contributed by atoms with Gasteiger partial charge in [-0.05, 0) is 53.9 Å². The Morgan fingerprint density at radius 2 is 1.57 bits per heavy atom. The molecule has 2 fully saturated rings. The van der Waals surface area contributed by atoms with E-state index in [9.17, 15) is 9.59 Å². The maximum Gasteiger partial charge on any atom is 0.266 e. The second kappa shape index (κ2) is 7.39. The van der Waals surface area contributed by atoms with Crippen molar-refractivity contribution < 1.29 is 14.4 Å². The maximum atomic E-state index is 13.5. The number of anilines is 2. The number of hydroxylamine groups is 1. The van der Waals surface area contributed by atoms with Gasteiger partial charge in [0.2, 0.25) is 5.91 Å². The third-order valence-corrected chi connectivity index (χ3v) is 5.78. The van der Waals surface area contributed by atoms with Crippen LogP contribution in [0.3, 0.4) is 0 Å². The van der Waals surface area contributed by atoms with Gasteiger partial charge in [-0.15, -0.1) is 0 Å². The van der Waals surface area contributed by atoms with Gasteiger partial charge < -0.3 is 0 Å². The van der Waals surface area contributed by atoms with Gasteiger partial charge in [0.05, 0.1) is 17.4 Å². The molecule has 0 radical (unpaired) electrons. The van der Waals surface area contributed by atoms with Crippen molar-refractivity contribution in [1.29, 1.82) is 0 Å². The van der Waals surface area contributed by atoms with Crippen LogP contribution in [-0.2, 0) is 20.8 Å². The fourth-order valence-electron chi connectivity index (χ4n) is 4.25. The number of hydrogen-bond acceptors (Lipinski definition) is 5. The molecule has 3 heterocycles. The number of amides is 2. The molecule has 3 atom stereocenters. The summed E-state index contributed by atoms with van der Waals surface area (Å²) in [5.41, 5.74) is 3.41. The van der Waals surface area contributed by atoms with Gasteiger partial charge in [-0.25, -0.2) is 9.96 Å². The van der Waals surface area contributed by atoms with Crippen LogP contribution in [0.4, 0.5) is 11.4 Å². The molecule has 2 aliphatic rings. The Balaban J connectivity index is 1.55. The lowest BCUT2D eigenvalue weighted by molar-refractivity contribution is -0.126. The highest BCUT2D eigenvalue weighted by Gasteiger charge is 2.60. The monoisotopic (exact) mass is 399 g/mol. The summed E-state index contributed by atoms with van der Waals surface area (Å²) < 4.78 is 0. The minimum Gasteiger partial charge on any atom is -0.273 e. The number of hydrogen-bond donors (Lipinski definition) is 0. The Kier molecular flexibility index (Phi) is 4.56. The highest BCUT2D eigenvalue weighted by molar-refractivity contribution is 6.23. The zero-order valence-corrected chi connectivity index (χ0v) is 16.5. The number of benzene rings is 2. The second-order valence-corrected chi connectivity index (χ2v) is 7.47. The summed E-state index contributed by atoms with van der Waals surface area (Å²) >= 11 is 0. The molecule has 0 aliphatic carbocycles. The van der Waals surface area contributed by atoms with E-state index in [2.05, 4.69) is 11.9 Å².